The number of aryl methyl sites for hydroxylation is 2. The first-order chi connectivity index (χ1) is 12.8. The molecule has 0 radical (unpaired) electrons. The maximum Gasteiger partial charge on any atom is 0.240 e. The summed E-state index contributed by atoms with van der Waals surface area (Å²) >= 11 is 11.6. The highest BCUT2D eigenvalue weighted by molar-refractivity contribution is 6.36. The number of phenolic OH excluding ortho intramolecular Hbond substituents is 1. The Labute approximate surface area is 167 Å². The number of halogens is 2. The number of nitrogens with zero attached hydrogens (tertiary/aromatic N) is 1. The first-order valence-corrected chi connectivity index (χ1v) is 8.89. The van der Waals surface area contributed by atoms with E-state index < -0.39 is 5.91 Å². The van der Waals surface area contributed by atoms with E-state index in [2.05, 4.69) is 15.8 Å². The van der Waals surface area contributed by atoms with Crippen LogP contribution < -0.4 is 10.7 Å². The van der Waals surface area contributed by atoms with Crippen LogP contribution in [0.15, 0.2) is 35.4 Å². The van der Waals surface area contributed by atoms with Gasteiger partial charge in [0, 0.05) is 29.1 Å². The fourth-order valence-corrected chi connectivity index (χ4v) is 2.82. The van der Waals surface area contributed by atoms with Crippen LogP contribution in [0.5, 0.6) is 5.75 Å². The number of anilines is 1. The molecule has 0 aliphatic carbocycles. The molecule has 0 unspecified atom stereocenters. The third kappa shape index (κ3) is 6.27. The van der Waals surface area contributed by atoms with Gasteiger partial charge in [-0.3, -0.25) is 9.59 Å². The van der Waals surface area contributed by atoms with Gasteiger partial charge in [-0.25, -0.2) is 5.43 Å². The van der Waals surface area contributed by atoms with Gasteiger partial charge in [0.05, 0.1) is 11.2 Å². The second kappa shape index (κ2) is 9.39. The normalized spacial score (nSPS) is 10.8. The SMILES string of the molecule is Cc1ccc(NC(=O)CCC(=O)N/N=C\c2cc(Cl)cc(Cl)c2O)c(C)c1. The molecular weight excluding hydrogens is 389 g/mol. The second-order valence-electron chi connectivity index (χ2n) is 5.99. The first kappa shape index (κ1) is 20.7. The summed E-state index contributed by atoms with van der Waals surface area (Å²) in [6.07, 6.45) is 1.21. The smallest absolute Gasteiger partial charge is 0.240 e. The largest absolute Gasteiger partial charge is 0.506 e. The molecule has 0 saturated heterocycles. The molecule has 142 valence electrons. The standard InChI is InChI=1S/C19H19Cl2N3O3/c1-11-3-4-16(12(2)7-11)23-17(25)5-6-18(26)24-22-10-13-8-14(20)9-15(21)19(13)27/h3-4,7-10,27H,5-6H2,1-2H3,(H,23,25)(H,24,26)/b22-10-. The molecule has 2 aromatic rings. The molecule has 2 amide bonds. The molecule has 0 saturated carbocycles. The molecule has 0 aliphatic heterocycles. The van der Waals surface area contributed by atoms with Gasteiger partial charge in [0.25, 0.3) is 0 Å². The summed E-state index contributed by atoms with van der Waals surface area (Å²) < 4.78 is 0. The monoisotopic (exact) mass is 407 g/mol. The Morgan fingerprint density at radius 1 is 1.11 bits per heavy atom. The van der Waals surface area contributed by atoms with Crippen LogP contribution in [-0.4, -0.2) is 23.1 Å². The molecular formula is C19H19Cl2N3O3. The fraction of sp³-hybridized carbons (Fsp3) is 0.211. The maximum atomic E-state index is 12.0. The molecule has 2 rings (SSSR count). The van der Waals surface area contributed by atoms with Gasteiger partial charge in [0.2, 0.25) is 11.8 Å². The van der Waals surface area contributed by atoms with Crippen LogP contribution in [0.4, 0.5) is 5.69 Å². The molecule has 0 spiro atoms. The van der Waals surface area contributed by atoms with Crippen molar-refractivity contribution in [2.45, 2.75) is 26.7 Å². The lowest BCUT2D eigenvalue weighted by atomic mass is 10.1. The van der Waals surface area contributed by atoms with Gasteiger partial charge in [0.1, 0.15) is 5.75 Å². The molecule has 0 aromatic heterocycles. The van der Waals surface area contributed by atoms with Crippen molar-refractivity contribution in [3.8, 4) is 5.75 Å². The highest BCUT2D eigenvalue weighted by Crippen LogP contribution is 2.29. The summed E-state index contributed by atoms with van der Waals surface area (Å²) in [5, 5.41) is 16.7. The molecule has 3 N–H and O–H groups in total. The number of hydrazone groups is 1. The van der Waals surface area contributed by atoms with Gasteiger partial charge < -0.3 is 10.4 Å². The van der Waals surface area contributed by atoms with Crippen molar-refractivity contribution in [3.63, 3.8) is 0 Å². The van der Waals surface area contributed by atoms with E-state index in [1.54, 1.807) is 0 Å². The molecule has 8 heteroatoms. The summed E-state index contributed by atoms with van der Waals surface area (Å²) in [6, 6.07) is 8.55. The number of rotatable bonds is 6. The number of hydrogen-bond acceptors (Lipinski definition) is 4. The Bertz CT molecular complexity index is 898. The van der Waals surface area contributed by atoms with E-state index in [-0.39, 0.29) is 35.1 Å². The second-order valence-corrected chi connectivity index (χ2v) is 6.83. The van der Waals surface area contributed by atoms with E-state index in [9.17, 15) is 14.7 Å². The Kier molecular flexibility index (Phi) is 7.21. The Morgan fingerprint density at radius 2 is 1.81 bits per heavy atom. The van der Waals surface area contributed by atoms with Crippen molar-refractivity contribution < 1.29 is 14.7 Å². The molecule has 27 heavy (non-hydrogen) atoms. The molecule has 0 fully saturated rings. The van der Waals surface area contributed by atoms with E-state index in [1.807, 2.05) is 32.0 Å². The van der Waals surface area contributed by atoms with Gasteiger partial charge in [-0.15, -0.1) is 0 Å². The zero-order valence-corrected chi connectivity index (χ0v) is 16.4. The quantitative estimate of drug-likeness (QED) is 0.495. The number of nitrogens with one attached hydrogen (secondary N) is 2. The summed E-state index contributed by atoms with van der Waals surface area (Å²) in [4.78, 5) is 23.8. The van der Waals surface area contributed by atoms with Gasteiger partial charge in [-0.2, -0.15) is 5.10 Å². The van der Waals surface area contributed by atoms with Crippen LogP contribution in [0, 0.1) is 13.8 Å². The lowest BCUT2D eigenvalue weighted by Crippen LogP contribution is -2.20. The Hall–Kier alpha value is -2.57. The molecule has 0 atom stereocenters. The van der Waals surface area contributed by atoms with Crippen LogP contribution in [0.1, 0.15) is 29.5 Å². The predicted molar refractivity (Wildman–Crippen MR) is 108 cm³/mol. The predicted octanol–water partition coefficient (Wildman–Crippen LogP) is 4.18. The van der Waals surface area contributed by atoms with Crippen LogP contribution >= 0.6 is 23.2 Å². The van der Waals surface area contributed by atoms with E-state index in [0.717, 1.165) is 16.8 Å². The van der Waals surface area contributed by atoms with Crippen molar-refractivity contribution in [2.75, 3.05) is 5.32 Å². The molecule has 2 aromatic carbocycles. The van der Waals surface area contributed by atoms with Crippen molar-refractivity contribution >= 4 is 46.9 Å². The van der Waals surface area contributed by atoms with Crippen molar-refractivity contribution in [3.05, 3.63) is 57.1 Å². The summed E-state index contributed by atoms with van der Waals surface area (Å²) in [5.41, 5.74) is 5.33. The molecule has 6 nitrogen and oxygen atoms in total. The topological polar surface area (TPSA) is 90.8 Å². The number of carbonyl (C=O) groups is 2. The van der Waals surface area contributed by atoms with E-state index in [0.29, 0.717) is 5.02 Å². The van der Waals surface area contributed by atoms with Crippen molar-refractivity contribution in [1.29, 1.82) is 0 Å². The van der Waals surface area contributed by atoms with Crippen LogP contribution in [0.2, 0.25) is 10.0 Å². The number of amides is 2. The number of benzene rings is 2. The van der Waals surface area contributed by atoms with E-state index >= 15 is 0 Å². The van der Waals surface area contributed by atoms with Crippen LogP contribution in [0.3, 0.4) is 0 Å². The van der Waals surface area contributed by atoms with Crippen molar-refractivity contribution in [1.82, 2.24) is 5.43 Å². The minimum absolute atomic E-state index is 0.0168. The van der Waals surface area contributed by atoms with Gasteiger partial charge in [-0.1, -0.05) is 40.9 Å². The highest BCUT2D eigenvalue weighted by Gasteiger charge is 2.09. The minimum atomic E-state index is -0.436. The first-order valence-electron chi connectivity index (χ1n) is 8.13. The van der Waals surface area contributed by atoms with Gasteiger partial charge >= 0.3 is 0 Å². The lowest BCUT2D eigenvalue weighted by molar-refractivity contribution is -0.124. The Morgan fingerprint density at radius 3 is 2.52 bits per heavy atom. The van der Waals surface area contributed by atoms with Crippen LogP contribution in [-0.2, 0) is 9.59 Å². The summed E-state index contributed by atoms with van der Waals surface area (Å²) in [6.45, 7) is 3.88. The third-order valence-electron chi connectivity index (χ3n) is 3.69. The lowest BCUT2D eigenvalue weighted by Gasteiger charge is -2.08. The average molecular weight is 408 g/mol. The molecule has 0 aliphatic rings. The van der Waals surface area contributed by atoms with Gasteiger partial charge in [0.15, 0.2) is 0 Å². The summed E-state index contributed by atoms with van der Waals surface area (Å²) in [5.74, 6) is -0.887. The van der Waals surface area contributed by atoms with Gasteiger partial charge in [-0.05, 0) is 37.6 Å². The summed E-state index contributed by atoms with van der Waals surface area (Å²) in [7, 11) is 0. The third-order valence-corrected chi connectivity index (χ3v) is 4.19. The Balaban J connectivity index is 1.83. The van der Waals surface area contributed by atoms with Crippen LogP contribution in [0.25, 0.3) is 0 Å². The minimum Gasteiger partial charge on any atom is -0.506 e. The number of aromatic hydroxyl groups is 1. The number of phenols is 1. The van der Waals surface area contributed by atoms with E-state index in [1.165, 1.54) is 18.3 Å². The molecule has 0 bridgehead atoms. The fourth-order valence-electron chi connectivity index (χ4n) is 2.31. The molecule has 0 heterocycles. The van der Waals surface area contributed by atoms with E-state index in [4.69, 9.17) is 23.2 Å². The van der Waals surface area contributed by atoms with Crippen molar-refractivity contribution in [2.24, 2.45) is 5.10 Å². The average Bonchev–Trinajstić information content (AvgIpc) is 2.59. The zero-order valence-electron chi connectivity index (χ0n) is 14.8. The number of carbonyl (C=O) groups excluding carboxylic acids is 2. The maximum absolute atomic E-state index is 12.0. The zero-order chi connectivity index (χ0) is 20.0. The highest BCUT2D eigenvalue weighted by atomic mass is 35.5. The number of hydrogen-bond donors (Lipinski definition) is 3.